The quantitative estimate of drug-likeness (QED) is 0.897. The maximum Gasteiger partial charge on any atom is 0.237 e. The van der Waals surface area contributed by atoms with E-state index in [1.807, 2.05) is 23.1 Å². The molecule has 1 aromatic carbocycles. The predicted octanol–water partition coefficient (Wildman–Crippen LogP) is 2.36. The number of amides is 1. The van der Waals surface area contributed by atoms with Crippen molar-refractivity contribution in [1.29, 1.82) is 0 Å². The van der Waals surface area contributed by atoms with Gasteiger partial charge in [0.05, 0.1) is 19.7 Å². The molecule has 4 nitrogen and oxygen atoms in total. The highest BCUT2D eigenvalue weighted by molar-refractivity contribution is 5.79. The molecule has 1 N–H and O–H groups in total. The number of carbonyl (C=O) groups is 1. The highest BCUT2D eigenvalue weighted by atomic mass is 16.5. The van der Waals surface area contributed by atoms with Crippen molar-refractivity contribution in [2.75, 3.05) is 20.2 Å². The molecule has 1 saturated heterocycles. The van der Waals surface area contributed by atoms with Crippen LogP contribution in [0, 0.1) is 0 Å². The van der Waals surface area contributed by atoms with Crippen molar-refractivity contribution < 1.29 is 9.53 Å². The number of benzene rings is 1. The number of hydrogen-bond donors (Lipinski definition) is 1. The van der Waals surface area contributed by atoms with Crippen LogP contribution in [0.15, 0.2) is 24.3 Å². The highest BCUT2D eigenvalue weighted by Crippen LogP contribution is 2.33. The number of likely N-dealkylation sites (tertiary alicyclic amines) is 1. The molecule has 0 spiro atoms. The van der Waals surface area contributed by atoms with E-state index in [4.69, 9.17) is 4.74 Å². The molecule has 0 radical (unpaired) electrons. The van der Waals surface area contributed by atoms with Crippen molar-refractivity contribution in [1.82, 2.24) is 10.2 Å². The van der Waals surface area contributed by atoms with Crippen LogP contribution in [0.4, 0.5) is 0 Å². The van der Waals surface area contributed by atoms with Gasteiger partial charge in [0.15, 0.2) is 0 Å². The third kappa shape index (κ3) is 3.51. The smallest absolute Gasteiger partial charge is 0.237 e. The summed E-state index contributed by atoms with van der Waals surface area (Å²) in [6, 6.07) is 8.55. The number of hydrogen-bond acceptors (Lipinski definition) is 3. The number of rotatable bonds is 5. The number of nitrogens with zero attached hydrogens (tertiary/aromatic N) is 1. The first-order valence-corrected chi connectivity index (χ1v) is 7.28. The van der Waals surface area contributed by atoms with Crippen molar-refractivity contribution >= 4 is 5.91 Å². The van der Waals surface area contributed by atoms with Gasteiger partial charge in [-0.25, -0.2) is 0 Å². The van der Waals surface area contributed by atoms with Gasteiger partial charge in [0.25, 0.3) is 0 Å². The van der Waals surface area contributed by atoms with Crippen LogP contribution in [0.5, 0.6) is 5.75 Å². The molecule has 0 saturated carbocycles. The van der Waals surface area contributed by atoms with Crippen LogP contribution < -0.4 is 10.1 Å². The molecule has 0 aromatic heterocycles. The van der Waals surface area contributed by atoms with Gasteiger partial charge < -0.3 is 15.0 Å². The van der Waals surface area contributed by atoms with Crippen molar-refractivity contribution in [3.05, 3.63) is 29.8 Å². The Hall–Kier alpha value is -1.55. The minimum atomic E-state index is 0.184. The van der Waals surface area contributed by atoms with Gasteiger partial charge in [-0.1, -0.05) is 26.0 Å². The van der Waals surface area contributed by atoms with Gasteiger partial charge in [-0.2, -0.15) is 0 Å². The molecule has 2 rings (SSSR count). The lowest BCUT2D eigenvalue weighted by Crippen LogP contribution is -2.39. The van der Waals surface area contributed by atoms with Crippen LogP contribution in [0.3, 0.4) is 0 Å². The third-order valence-electron chi connectivity index (χ3n) is 3.71. The van der Waals surface area contributed by atoms with E-state index in [1.165, 1.54) is 5.56 Å². The summed E-state index contributed by atoms with van der Waals surface area (Å²) in [4.78, 5) is 14.3. The monoisotopic (exact) mass is 276 g/mol. The topological polar surface area (TPSA) is 41.6 Å². The molecule has 1 atom stereocenters. The summed E-state index contributed by atoms with van der Waals surface area (Å²) in [5.41, 5.74) is 1.17. The summed E-state index contributed by atoms with van der Waals surface area (Å²) in [6.07, 6.45) is 2.09. The molecule has 0 aliphatic carbocycles. The van der Waals surface area contributed by atoms with Gasteiger partial charge in [0.1, 0.15) is 5.75 Å². The van der Waals surface area contributed by atoms with E-state index in [-0.39, 0.29) is 11.9 Å². The zero-order valence-corrected chi connectivity index (χ0v) is 12.6. The van der Waals surface area contributed by atoms with Crippen LogP contribution in [0.25, 0.3) is 0 Å². The predicted molar refractivity (Wildman–Crippen MR) is 79.8 cm³/mol. The maximum atomic E-state index is 12.3. The van der Waals surface area contributed by atoms with Crippen molar-refractivity contribution in [2.45, 2.75) is 38.8 Å². The molecule has 1 aromatic rings. The Morgan fingerprint density at radius 3 is 3.00 bits per heavy atom. The Kier molecular flexibility index (Phi) is 5.01. The summed E-state index contributed by atoms with van der Waals surface area (Å²) in [7, 11) is 1.67. The summed E-state index contributed by atoms with van der Waals surface area (Å²) in [6.45, 7) is 5.37. The van der Waals surface area contributed by atoms with Gasteiger partial charge in [-0.15, -0.1) is 0 Å². The largest absolute Gasteiger partial charge is 0.497 e. The molecular weight excluding hydrogens is 252 g/mol. The van der Waals surface area contributed by atoms with Gasteiger partial charge in [-0.3, -0.25) is 4.79 Å². The summed E-state index contributed by atoms with van der Waals surface area (Å²) < 4.78 is 5.27. The van der Waals surface area contributed by atoms with Crippen LogP contribution in [0.1, 0.15) is 38.3 Å². The summed E-state index contributed by atoms with van der Waals surface area (Å²) in [5.74, 6) is 1.03. The first-order valence-electron chi connectivity index (χ1n) is 7.28. The van der Waals surface area contributed by atoms with E-state index in [1.54, 1.807) is 7.11 Å². The Balaban J connectivity index is 2.08. The lowest BCUT2D eigenvalue weighted by molar-refractivity contribution is -0.131. The molecular formula is C16H24N2O2. The summed E-state index contributed by atoms with van der Waals surface area (Å²) >= 11 is 0. The van der Waals surface area contributed by atoms with E-state index in [9.17, 15) is 4.79 Å². The van der Waals surface area contributed by atoms with E-state index in [0.29, 0.717) is 12.6 Å². The summed E-state index contributed by atoms with van der Waals surface area (Å²) in [5, 5.41) is 3.20. The second kappa shape index (κ2) is 6.75. The first kappa shape index (κ1) is 14.9. The Morgan fingerprint density at radius 1 is 1.50 bits per heavy atom. The standard InChI is InChI=1S/C16H24N2O2/c1-12(2)17-11-16(19)18-9-5-8-15(18)13-6-4-7-14(10-13)20-3/h4,6-7,10,12,15,17H,5,8-9,11H2,1-3H3. The van der Waals surface area contributed by atoms with E-state index in [2.05, 4.69) is 25.2 Å². The third-order valence-corrected chi connectivity index (χ3v) is 3.71. The second-order valence-corrected chi connectivity index (χ2v) is 5.56. The number of carbonyl (C=O) groups excluding carboxylic acids is 1. The average molecular weight is 276 g/mol. The molecule has 1 aliphatic heterocycles. The van der Waals surface area contributed by atoms with E-state index >= 15 is 0 Å². The number of nitrogens with one attached hydrogen (secondary N) is 1. The Labute approximate surface area is 121 Å². The Morgan fingerprint density at radius 2 is 2.30 bits per heavy atom. The van der Waals surface area contributed by atoms with Gasteiger partial charge in [0, 0.05) is 12.6 Å². The molecule has 20 heavy (non-hydrogen) atoms. The molecule has 1 amide bonds. The minimum Gasteiger partial charge on any atom is -0.497 e. The molecule has 1 unspecified atom stereocenters. The minimum absolute atomic E-state index is 0.184. The second-order valence-electron chi connectivity index (χ2n) is 5.56. The maximum absolute atomic E-state index is 12.3. The molecule has 1 heterocycles. The van der Waals surface area contributed by atoms with Gasteiger partial charge >= 0.3 is 0 Å². The fourth-order valence-electron chi connectivity index (χ4n) is 2.65. The van der Waals surface area contributed by atoms with Crippen molar-refractivity contribution in [3.63, 3.8) is 0 Å². The Bertz CT molecular complexity index is 460. The van der Waals surface area contributed by atoms with Crippen molar-refractivity contribution in [3.8, 4) is 5.75 Å². The van der Waals surface area contributed by atoms with E-state index < -0.39 is 0 Å². The van der Waals surface area contributed by atoms with Crippen LogP contribution in [0.2, 0.25) is 0 Å². The molecule has 4 heteroatoms. The van der Waals surface area contributed by atoms with Crippen LogP contribution >= 0.6 is 0 Å². The normalized spacial score (nSPS) is 18.6. The average Bonchev–Trinajstić information content (AvgIpc) is 2.94. The van der Waals surface area contributed by atoms with Gasteiger partial charge in [-0.05, 0) is 30.5 Å². The van der Waals surface area contributed by atoms with Crippen molar-refractivity contribution in [2.24, 2.45) is 0 Å². The van der Waals surface area contributed by atoms with Gasteiger partial charge in [0.2, 0.25) is 5.91 Å². The van der Waals surface area contributed by atoms with Crippen LogP contribution in [-0.2, 0) is 4.79 Å². The zero-order valence-electron chi connectivity index (χ0n) is 12.6. The molecule has 1 aliphatic rings. The SMILES string of the molecule is COc1cccc(C2CCCN2C(=O)CNC(C)C)c1. The fourth-order valence-corrected chi connectivity index (χ4v) is 2.65. The highest BCUT2D eigenvalue weighted by Gasteiger charge is 2.29. The lowest BCUT2D eigenvalue weighted by Gasteiger charge is -2.26. The lowest BCUT2D eigenvalue weighted by atomic mass is 10.0. The molecule has 110 valence electrons. The zero-order chi connectivity index (χ0) is 14.5. The fraction of sp³-hybridized carbons (Fsp3) is 0.562. The van der Waals surface area contributed by atoms with E-state index in [0.717, 1.165) is 25.1 Å². The van der Waals surface area contributed by atoms with Crippen LogP contribution in [-0.4, -0.2) is 37.0 Å². The first-order chi connectivity index (χ1) is 9.61. The molecule has 0 bridgehead atoms. The number of methoxy groups -OCH3 is 1. The number of ether oxygens (including phenoxy) is 1. The molecule has 1 fully saturated rings.